The summed E-state index contributed by atoms with van der Waals surface area (Å²) in [6.45, 7) is 23.5. The SMILES string of the molecule is CC(C)(C)c1ccc(N2B3c4cc5c(cc4-n4c6ccc(C(C)(C)C)cc6c6c7c(oc8ccccc87)c(c3c64)-c3cc4c(cc32)C(C)(C)c2cc(N(c3ccccc3)c3ccccc3)ccc2-4)-c2ccccc2C5(C)C)cc1. The van der Waals surface area contributed by atoms with Crippen molar-refractivity contribution in [1.29, 1.82) is 0 Å². The third-order valence-electron chi connectivity index (χ3n) is 18.8. The van der Waals surface area contributed by atoms with E-state index in [1.165, 1.54) is 122 Å². The molecular weight excluding hydrogens is 958 g/mol. The quantitative estimate of drug-likeness (QED) is 0.164. The Labute approximate surface area is 463 Å². The number of nitrogens with zero attached hydrogens (tertiary/aromatic N) is 3. The Balaban J connectivity index is 1.05. The zero-order valence-electron chi connectivity index (χ0n) is 46.8. The van der Waals surface area contributed by atoms with Gasteiger partial charge in [0.25, 0.3) is 0 Å². The summed E-state index contributed by atoms with van der Waals surface area (Å²) < 4.78 is 10.2. The van der Waals surface area contributed by atoms with Gasteiger partial charge in [-0.05, 0) is 162 Å². The number of hydrogen-bond donors (Lipinski definition) is 0. The molecule has 0 fully saturated rings. The van der Waals surface area contributed by atoms with E-state index in [0.29, 0.717) is 0 Å². The van der Waals surface area contributed by atoms with Crippen molar-refractivity contribution >= 4 is 90.0 Å². The summed E-state index contributed by atoms with van der Waals surface area (Å²) in [6.07, 6.45) is 0. The van der Waals surface area contributed by atoms with E-state index in [1.807, 2.05) is 0 Å². The second-order valence-corrected chi connectivity index (χ2v) is 26.1. The number of anilines is 5. The first-order valence-corrected chi connectivity index (χ1v) is 28.4. The molecule has 4 heterocycles. The lowest BCUT2D eigenvalue weighted by Gasteiger charge is -2.43. The fourth-order valence-electron chi connectivity index (χ4n) is 14.8. The van der Waals surface area contributed by atoms with Gasteiger partial charge in [0, 0.05) is 77.6 Å². The molecule has 0 unspecified atom stereocenters. The van der Waals surface area contributed by atoms with Gasteiger partial charge in [-0.3, -0.25) is 0 Å². The Morgan fingerprint density at radius 2 is 1.06 bits per heavy atom. The van der Waals surface area contributed by atoms with Crippen molar-refractivity contribution in [3.8, 4) is 39.1 Å². The van der Waals surface area contributed by atoms with Crippen LogP contribution in [0, 0.1) is 0 Å². The average molecular weight is 1020 g/mol. The monoisotopic (exact) mass is 1020 g/mol. The molecule has 0 bridgehead atoms. The highest BCUT2D eigenvalue weighted by atomic mass is 16.3. The smallest absolute Gasteiger partial charge is 0.333 e. The van der Waals surface area contributed by atoms with Gasteiger partial charge in [-0.1, -0.05) is 178 Å². The van der Waals surface area contributed by atoms with Crippen LogP contribution in [0.3, 0.4) is 0 Å². The molecule has 16 rings (SSSR count). The van der Waals surface area contributed by atoms with Crippen molar-refractivity contribution in [1.82, 2.24) is 4.57 Å². The standard InChI is InChI=1S/C74H62BN3O/c1-71(2,3)43-29-32-47(33-30-43)78-62-42-59-52(50-35-34-48(38-57(50)74(59,9)10)76(45-21-13-11-14-22-45)46-23-15-12-16-24-46)39-55(62)67-68-69-65(66-51-26-18-20-28-64(51)79-70(66)67)54-37-44(72(4,5)6)31-36-61(54)77(69)63-40-53-49-25-17-19-27-56(49)73(7,8)58(53)41-60(63)75(68)78/h11-42H,1-10H3. The molecule has 0 atom stereocenters. The highest BCUT2D eigenvalue weighted by Crippen LogP contribution is 2.58. The lowest BCUT2D eigenvalue weighted by Crippen LogP contribution is -2.60. The molecular formula is C74H62BN3O. The maximum absolute atomic E-state index is 7.50. The molecule has 0 amide bonds. The van der Waals surface area contributed by atoms with Crippen LogP contribution in [0.4, 0.5) is 28.4 Å². The van der Waals surface area contributed by atoms with Gasteiger partial charge in [0.05, 0.1) is 11.0 Å². The summed E-state index contributed by atoms with van der Waals surface area (Å²) in [5, 5.41) is 4.87. The molecule has 79 heavy (non-hydrogen) atoms. The summed E-state index contributed by atoms with van der Waals surface area (Å²) >= 11 is 0. The predicted molar refractivity (Wildman–Crippen MR) is 334 cm³/mol. The molecule has 0 radical (unpaired) electrons. The van der Waals surface area contributed by atoms with E-state index in [9.17, 15) is 0 Å². The lowest BCUT2D eigenvalue weighted by molar-refractivity contribution is 0.590. The average Bonchev–Trinajstić information content (AvgIpc) is 3.67. The maximum atomic E-state index is 7.50. The molecule has 0 saturated heterocycles. The van der Waals surface area contributed by atoms with Gasteiger partial charge in [0.2, 0.25) is 0 Å². The van der Waals surface area contributed by atoms with E-state index in [2.05, 4.69) is 278 Å². The molecule has 2 aliphatic carbocycles. The summed E-state index contributed by atoms with van der Waals surface area (Å²) in [5.41, 5.74) is 29.0. The number of hydrogen-bond acceptors (Lipinski definition) is 3. The van der Waals surface area contributed by atoms with Crippen LogP contribution in [0.25, 0.3) is 82.8 Å². The van der Waals surface area contributed by atoms with Gasteiger partial charge in [-0.2, -0.15) is 0 Å². The first-order chi connectivity index (χ1) is 38.0. The third-order valence-corrected chi connectivity index (χ3v) is 18.8. The molecule has 382 valence electrons. The Hall–Kier alpha value is -8.54. The topological polar surface area (TPSA) is 24.6 Å². The molecule has 2 aliphatic heterocycles. The minimum atomic E-state index is -0.340. The highest BCUT2D eigenvalue weighted by molar-refractivity contribution is 6.94. The van der Waals surface area contributed by atoms with Crippen LogP contribution in [0.5, 0.6) is 0 Å². The molecule has 0 spiro atoms. The predicted octanol–water partition coefficient (Wildman–Crippen LogP) is 18.6. The third kappa shape index (κ3) is 6.22. The van der Waals surface area contributed by atoms with Crippen molar-refractivity contribution in [3.63, 3.8) is 0 Å². The number of benzene rings is 10. The molecule has 4 aliphatic rings. The summed E-state index contributed by atoms with van der Waals surface area (Å²) in [7, 11) is 0. The number of para-hydroxylation sites is 3. The zero-order chi connectivity index (χ0) is 53.8. The Morgan fingerprint density at radius 1 is 0.456 bits per heavy atom. The van der Waals surface area contributed by atoms with Crippen LogP contribution in [0.1, 0.15) is 103 Å². The molecule has 4 nitrogen and oxygen atoms in total. The fraction of sp³-hybridized carbons (Fsp3) is 0.189. The summed E-state index contributed by atoms with van der Waals surface area (Å²) in [4.78, 5) is 5.13. The van der Waals surface area contributed by atoms with Gasteiger partial charge >= 0.3 is 6.85 Å². The van der Waals surface area contributed by atoms with Gasteiger partial charge in [-0.25, -0.2) is 0 Å². The second kappa shape index (κ2) is 15.6. The molecule has 0 N–H and O–H groups in total. The van der Waals surface area contributed by atoms with Gasteiger partial charge in [0.15, 0.2) is 0 Å². The van der Waals surface area contributed by atoms with Crippen molar-refractivity contribution in [2.24, 2.45) is 0 Å². The van der Waals surface area contributed by atoms with Crippen molar-refractivity contribution in [3.05, 3.63) is 228 Å². The fourth-order valence-corrected chi connectivity index (χ4v) is 14.8. The largest absolute Gasteiger partial charge is 0.455 e. The molecule has 12 aromatic rings. The van der Waals surface area contributed by atoms with E-state index in [-0.39, 0.29) is 28.5 Å². The Bertz CT molecular complexity index is 4580. The summed E-state index contributed by atoms with van der Waals surface area (Å²) in [6, 6.07) is 73.8. The number of fused-ring (bicyclic) bond motifs is 19. The molecule has 2 aromatic heterocycles. The van der Waals surface area contributed by atoms with E-state index < -0.39 is 0 Å². The number of aromatic nitrogens is 1. The van der Waals surface area contributed by atoms with Crippen LogP contribution in [0.15, 0.2) is 199 Å². The second-order valence-electron chi connectivity index (χ2n) is 26.1. The lowest BCUT2D eigenvalue weighted by atomic mass is 9.43. The van der Waals surface area contributed by atoms with E-state index in [0.717, 1.165) is 33.6 Å². The molecule has 10 aromatic carbocycles. The normalized spacial score (nSPS) is 15.1. The number of rotatable bonds is 4. The van der Waals surface area contributed by atoms with Crippen molar-refractivity contribution in [2.45, 2.75) is 90.9 Å². The van der Waals surface area contributed by atoms with E-state index >= 15 is 0 Å². The first kappa shape index (κ1) is 46.6. The van der Waals surface area contributed by atoms with Crippen LogP contribution >= 0.6 is 0 Å². The first-order valence-electron chi connectivity index (χ1n) is 28.4. The molecule has 0 saturated carbocycles. The summed E-state index contributed by atoms with van der Waals surface area (Å²) in [5.74, 6) is 0. The van der Waals surface area contributed by atoms with Gasteiger partial charge in [-0.15, -0.1) is 0 Å². The van der Waals surface area contributed by atoms with Crippen molar-refractivity contribution in [2.75, 3.05) is 9.71 Å². The van der Waals surface area contributed by atoms with Crippen LogP contribution in [-0.4, -0.2) is 11.4 Å². The highest BCUT2D eigenvalue weighted by Gasteiger charge is 2.49. The minimum Gasteiger partial charge on any atom is -0.455 e. The van der Waals surface area contributed by atoms with Crippen molar-refractivity contribution < 1.29 is 4.42 Å². The Morgan fingerprint density at radius 3 is 1.78 bits per heavy atom. The van der Waals surface area contributed by atoms with Crippen LogP contribution < -0.4 is 20.6 Å². The van der Waals surface area contributed by atoms with Crippen LogP contribution in [-0.2, 0) is 21.7 Å². The van der Waals surface area contributed by atoms with Crippen LogP contribution in [0.2, 0.25) is 0 Å². The maximum Gasteiger partial charge on any atom is 0.333 e. The van der Waals surface area contributed by atoms with Gasteiger partial charge in [0.1, 0.15) is 11.2 Å². The number of furan rings is 1. The zero-order valence-corrected chi connectivity index (χ0v) is 46.8. The Kier molecular flexibility index (Phi) is 9.19. The van der Waals surface area contributed by atoms with E-state index in [4.69, 9.17) is 4.42 Å². The minimum absolute atomic E-state index is 0.0124. The molecule has 5 heteroatoms. The van der Waals surface area contributed by atoms with Gasteiger partial charge < -0.3 is 18.7 Å². The van der Waals surface area contributed by atoms with E-state index in [1.54, 1.807) is 0 Å².